The molecule has 92 valence electrons. The lowest BCUT2D eigenvalue weighted by Crippen LogP contribution is -2.13. The third-order valence-electron chi connectivity index (χ3n) is 3.04. The van der Waals surface area contributed by atoms with E-state index in [2.05, 4.69) is 48.8 Å². The maximum Gasteiger partial charge on any atom is 0.203 e. The van der Waals surface area contributed by atoms with E-state index in [0.717, 1.165) is 37.1 Å². The lowest BCUT2D eigenvalue weighted by molar-refractivity contribution is 0.420. The summed E-state index contributed by atoms with van der Waals surface area (Å²) >= 11 is 0. The van der Waals surface area contributed by atoms with Gasteiger partial charge in [0.05, 0.1) is 5.69 Å². The van der Waals surface area contributed by atoms with Crippen LogP contribution in [0.1, 0.15) is 45.7 Å². The first kappa shape index (κ1) is 13.1. The zero-order valence-electron chi connectivity index (χ0n) is 11.1. The predicted octanol–water partition coefficient (Wildman–Crippen LogP) is 3.45. The predicted molar refractivity (Wildman–Crippen MR) is 69.8 cm³/mol. The summed E-state index contributed by atoms with van der Waals surface area (Å²) < 4.78 is 2.27. The molecule has 3 nitrogen and oxygen atoms in total. The number of nitrogens with one attached hydrogen (secondary N) is 1. The Morgan fingerprint density at radius 3 is 2.56 bits per heavy atom. The van der Waals surface area contributed by atoms with Gasteiger partial charge in [0.25, 0.3) is 0 Å². The summed E-state index contributed by atoms with van der Waals surface area (Å²) in [7, 11) is 0. The molecule has 0 spiro atoms. The molecule has 0 amide bonds. The maximum atomic E-state index is 4.52. The highest BCUT2D eigenvalue weighted by molar-refractivity contribution is 5.28. The van der Waals surface area contributed by atoms with Gasteiger partial charge in [-0.15, -0.1) is 0 Å². The van der Waals surface area contributed by atoms with E-state index in [0.29, 0.717) is 0 Å². The van der Waals surface area contributed by atoms with E-state index in [1.807, 2.05) is 0 Å². The van der Waals surface area contributed by atoms with Gasteiger partial charge in [-0.3, -0.25) is 0 Å². The van der Waals surface area contributed by atoms with Crippen LogP contribution in [-0.4, -0.2) is 16.1 Å². The Kier molecular flexibility index (Phi) is 5.36. The van der Waals surface area contributed by atoms with Crippen LogP contribution in [0, 0.1) is 12.8 Å². The summed E-state index contributed by atoms with van der Waals surface area (Å²) in [5, 5.41) is 3.39. The van der Waals surface area contributed by atoms with Crippen LogP contribution in [0.25, 0.3) is 0 Å². The molecule has 1 aromatic heterocycles. The summed E-state index contributed by atoms with van der Waals surface area (Å²) in [6, 6.07) is 0. The van der Waals surface area contributed by atoms with E-state index in [1.54, 1.807) is 0 Å². The Morgan fingerprint density at radius 2 is 2.00 bits per heavy atom. The highest BCUT2D eigenvalue weighted by Crippen LogP contribution is 2.16. The Balaban J connectivity index is 2.69. The number of hydrogen-bond donors (Lipinski definition) is 1. The lowest BCUT2D eigenvalue weighted by atomic mass is 10.0. The van der Waals surface area contributed by atoms with Crippen molar-refractivity contribution >= 4 is 5.95 Å². The first-order chi connectivity index (χ1) is 7.71. The SMILES string of the molecule is CCCNc1nc(C)cn1CC(CC)CC. The second-order valence-corrected chi connectivity index (χ2v) is 4.47. The van der Waals surface area contributed by atoms with Crippen molar-refractivity contribution in [3.8, 4) is 0 Å². The standard InChI is InChI=1S/C13H25N3/c1-5-8-14-13-15-11(4)9-16(13)10-12(6-2)7-3/h9,12H,5-8,10H2,1-4H3,(H,14,15). The van der Waals surface area contributed by atoms with Crippen LogP contribution in [0.3, 0.4) is 0 Å². The second kappa shape index (κ2) is 6.56. The minimum absolute atomic E-state index is 0.760. The van der Waals surface area contributed by atoms with Crippen LogP contribution in [0.15, 0.2) is 6.20 Å². The Morgan fingerprint density at radius 1 is 1.31 bits per heavy atom. The van der Waals surface area contributed by atoms with Crippen LogP contribution in [0.4, 0.5) is 5.95 Å². The second-order valence-electron chi connectivity index (χ2n) is 4.47. The normalized spacial score (nSPS) is 11.1. The molecule has 0 saturated carbocycles. The van der Waals surface area contributed by atoms with Crippen molar-refractivity contribution in [3.63, 3.8) is 0 Å². The van der Waals surface area contributed by atoms with E-state index in [9.17, 15) is 0 Å². The number of aryl methyl sites for hydroxylation is 1. The largest absolute Gasteiger partial charge is 0.356 e. The molecule has 0 atom stereocenters. The quantitative estimate of drug-likeness (QED) is 0.767. The topological polar surface area (TPSA) is 29.9 Å². The average molecular weight is 223 g/mol. The third-order valence-corrected chi connectivity index (χ3v) is 3.04. The first-order valence-electron chi connectivity index (χ1n) is 6.48. The van der Waals surface area contributed by atoms with Gasteiger partial charge in [0, 0.05) is 19.3 Å². The van der Waals surface area contributed by atoms with Crippen molar-refractivity contribution < 1.29 is 0 Å². The van der Waals surface area contributed by atoms with Crippen molar-refractivity contribution in [1.29, 1.82) is 0 Å². The molecule has 1 aromatic rings. The molecular weight excluding hydrogens is 198 g/mol. The highest BCUT2D eigenvalue weighted by atomic mass is 15.2. The molecule has 0 aliphatic heterocycles. The van der Waals surface area contributed by atoms with Crippen molar-refractivity contribution in [3.05, 3.63) is 11.9 Å². The number of nitrogens with zero attached hydrogens (tertiary/aromatic N) is 2. The number of aromatic nitrogens is 2. The molecule has 0 aliphatic carbocycles. The highest BCUT2D eigenvalue weighted by Gasteiger charge is 2.09. The third kappa shape index (κ3) is 3.54. The van der Waals surface area contributed by atoms with Crippen molar-refractivity contribution in [2.45, 2.75) is 53.5 Å². The summed E-state index contributed by atoms with van der Waals surface area (Å²) in [6.07, 6.45) is 5.76. The van der Waals surface area contributed by atoms with Crippen molar-refractivity contribution in [2.24, 2.45) is 5.92 Å². The zero-order chi connectivity index (χ0) is 12.0. The molecule has 0 radical (unpaired) electrons. The van der Waals surface area contributed by atoms with E-state index in [-0.39, 0.29) is 0 Å². The lowest BCUT2D eigenvalue weighted by Gasteiger charge is -2.15. The number of hydrogen-bond acceptors (Lipinski definition) is 2. The van der Waals surface area contributed by atoms with Gasteiger partial charge in [-0.2, -0.15) is 0 Å². The summed E-state index contributed by atoms with van der Waals surface area (Å²) in [5.41, 5.74) is 1.10. The maximum absolute atomic E-state index is 4.52. The van der Waals surface area contributed by atoms with Crippen molar-refractivity contribution in [1.82, 2.24) is 9.55 Å². The molecule has 0 bridgehead atoms. The van der Waals surface area contributed by atoms with E-state index in [4.69, 9.17) is 0 Å². The Hall–Kier alpha value is -0.990. The smallest absolute Gasteiger partial charge is 0.203 e. The van der Waals surface area contributed by atoms with Gasteiger partial charge in [0.1, 0.15) is 0 Å². The monoisotopic (exact) mass is 223 g/mol. The molecule has 0 unspecified atom stereocenters. The van der Waals surface area contributed by atoms with Gasteiger partial charge < -0.3 is 9.88 Å². The van der Waals surface area contributed by atoms with Crippen LogP contribution in [0.5, 0.6) is 0 Å². The fourth-order valence-electron chi connectivity index (χ4n) is 1.89. The first-order valence-corrected chi connectivity index (χ1v) is 6.48. The molecule has 3 heteroatoms. The van der Waals surface area contributed by atoms with Gasteiger partial charge in [-0.1, -0.05) is 33.6 Å². The van der Waals surface area contributed by atoms with Crippen LogP contribution in [0.2, 0.25) is 0 Å². The fraction of sp³-hybridized carbons (Fsp3) is 0.769. The molecule has 0 aromatic carbocycles. The van der Waals surface area contributed by atoms with Crippen LogP contribution in [-0.2, 0) is 6.54 Å². The number of imidazole rings is 1. The average Bonchev–Trinajstić information content (AvgIpc) is 2.63. The van der Waals surface area contributed by atoms with Crippen LogP contribution < -0.4 is 5.32 Å². The van der Waals surface area contributed by atoms with Gasteiger partial charge in [-0.25, -0.2) is 4.98 Å². The minimum Gasteiger partial charge on any atom is -0.356 e. The molecule has 0 fully saturated rings. The van der Waals surface area contributed by atoms with Crippen molar-refractivity contribution in [2.75, 3.05) is 11.9 Å². The van der Waals surface area contributed by atoms with Crippen LogP contribution >= 0.6 is 0 Å². The van der Waals surface area contributed by atoms with Gasteiger partial charge in [0.15, 0.2) is 0 Å². The molecule has 0 aliphatic rings. The fourth-order valence-corrected chi connectivity index (χ4v) is 1.89. The molecule has 1 heterocycles. The summed E-state index contributed by atoms with van der Waals surface area (Å²) in [6.45, 7) is 10.8. The molecule has 1 N–H and O–H groups in total. The number of rotatable bonds is 7. The van der Waals surface area contributed by atoms with Gasteiger partial charge >= 0.3 is 0 Å². The van der Waals surface area contributed by atoms with E-state index in [1.165, 1.54) is 12.8 Å². The minimum atomic E-state index is 0.760. The van der Waals surface area contributed by atoms with Gasteiger partial charge in [-0.05, 0) is 19.3 Å². The van der Waals surface area contributed by atoms with Gasteiger partial charge in [0.2, 0.25) is 5.95 Å². The molecular formula is C13H25N3. The molecule has 1 rings (SSSR count). The number of anilines is 1. The molecule has 0 saturated heterocycles. The Labute approximate surface area is 99.3 Å². The van der Waals surface area contributed by atoms with E-state index < -0.39 is 0 Å². The Bertz CT molecular complexity index is 300. The van der Waals surface area contributed by atoms with E-state index >= 15 is 0 Å². The summed E-state index contributed by atoms with van der Waals surface area (Å²) in [4.78, 5) is 4.52. The zero-order valence-corrected chi connectivity index (χ0v) is 11.1. The molecule has 16 heavy (non-hydrogen) atoms. The summed E-state index contributed by atoms with van der Waals surface area (Å²) in [5.74, 6) is 1.79.